The van der Waals surface area contributed by atoms with Crippen molar-refractivity contribution >= 4 is 10.9 Å². The molecule has 1 saturated heterocycles. The van der Waals surface area contributed by atoms with E-state index in [0.717, 1.165) is 40.9 Å². The third-order valence-electron chi connectivity index (χ3n) is 6.90. The lowest BCUT2D eigenvalue weighted by atomic mass is 10.0. The zero-order valence-electron chi connectivity index (χ0n) is 17.2. The largest absolute Gasteiger partial charge is 0.507 e. The molecule has 5 rings (SSSR count). The van der Waals surface area contributed by atoms with Crippen molar-refractivity contribution in [3.8, 4) is 17.0 Å². The van der Waals surface area contributed by atoms with E-state index in [1.807, 2.05) is 13.0 Å². The van der Waals surface area contributed by atoms with Crippen LogP contribution in [0.1, 0.15) is 18.2 Å². The number of nitrogens with zero attached hydrogens (tertiary/aromatic N) is 2. The number of pyridine rings is 1. The van der Waals surface area contributed by atoms with Crippen molar-refractivity contribution in [2.75, 3.05) is 20.1 Å². The Bertz CT molecular complexity index is 1130. The maximum absolute atomic E-state index is 11.9. The third-order valence-corrected chi connectivity index (χ3v) is 6.90. The monoisotopic (exact) mass is 392 g/mol. The standard InChI is InChI=1S/C23H28N4O2/c1-4-16-20(28)9-21(29)25-22(16)13-5-6-19-14(7-13)8-15(26(19)3)10-27-11-17-18(12-27)23(17)24-2/h5-9,17-18,23-24H,4,10-12H2,1-3H3,(H2,25,28,29)/t17-,18+,23?. The second kappa shape index (κ2) is 6.75. The predicted molar refractivity (Wildman–Crippen MR) is 115 cm³/mol. The van der Waals surface area contributed by atoms with Crippen LogP contribution >= 0.6 is 0 Å². The highest BCUT2D eigenvalue weighted by atomic mass is 16.3. The van der Waals surface area contributed by atoms with Gasteiger partial charge in [-0.1, -0.05) is 13.0 Å². The number of fused-ring (bicyclic) bond motifs is 2. The molecule has 3 atom stereocenters. The van der Waals surface area contributed by atoms with Crippen LogP contribution in [0.3, 0.4) is 0 Å². The summed E-state index contributed by atoms with van der Waals surface area (Å²) in [6.07, 6.45) is 0.654. The van der Waals surface area contributed by atoms with Crippen molar-refractivity contribution in [2.24, 2.45) is 18.9 Å². The number of aromatic hydroxyl groups is 1. The van der Waals surface area contributed by atoms with Crippen LogP contribution in [0.4, 0.5) is 0 Å². The van der Waals surface area contributed by atoms with Crippen LogP contribution in [0.5, 0.6) is 5.75 Å². The Kier molecular flexibility index (Phi) is 4.29. The molecular formula is C23H28N4O2. The molecule has 1 aromatic carbocycles. The minimum Gasteiger partial charge on any atom is -0.507 e. The maximum atomic E-state index is 11.9. The van der Waals surface area contributed by atoms with Gasteiger partial charge in [0.1, 0.15) is 5.75 Å². The van der Waals surface area contributed by atoms with Gasteiger partial charge in [-0.2, -0.15) is 0 Å². The molecule has 0 spiro atoms. The van der Waals surface area contributed by atoms with Gasteiger partial charge in [0.05, 0.1) is 5.69 Å². The number of aromatic amines is 1. The average Bonchev–Trinajstić information content (AvgIpc) is 3.01. The van der Waals surface area contributed by atoms with E-state index in [2.05, 4.69) is 52.1 Å². The fourth-order valence-electron chi connectivity index (χ4n) is 5.29. The summed E-state index contributed by atoms with van der Waals surface area (Å²) in [7, 11) is 4.19. The van der Waals surface area contributed by atoms with E-state index < -0.39 is 0 Å². The summed E-state index contributed by atoms with van der Waals surface area (Å²) in [4.78, 5) is 17.4. The summed E-state index contributed by atoms with van der Waals surface area (Å²) < 4.78 is 2.27. The summed E-state index contributed by atoms with van der Waals surface area (Å²) in [5.41, 5.74) is 4.62. The van der Waals surface area contributed by atoms with Crippen molar-refractivity contribution in [3.05, 3.63) is 51.9 Å². The Morgan fingerprint density at radius 1 is 1.21 bits per heavy atom. The molecule has 3 aromatic rings. The quantitative estimate of drug-likeness (QED) is 0.624. The van der Waals surface area contributed by atoms with Gasteiger partial charge in [0.15, 0.2) is 0 Å². The highest BCUT2D eigenvalue weighted by Gasteiger charge is 2.54. The molecule has 0 bridgehead atoms. The Morgan fingerprint density at radius 2 is 1.97 bits per heavy atom. The number of aromatic nitrogens is 2. The van der Waals surface area contributed by atoms with Gasteiger partial charge in [-0.3, -0.25) is 9.69 Å². The maximum Gasteiger partial charge on any atom is 0.252 e. The van der Waals surface area contributed by atoms with Gasteiger partial charge in [-0.25, -0.2) is 0 Å². The summed E-state index contributed by atoms with van der Waals surface area (Å²) in [6, 6.07) is 10.5. The first-order chi connectivity index (χ1) is 14.0. The highest BCUT2D eigenvalue weighted by Crippen LogP contribution is 2.45. The summed E-state index contributed by atoms with van der Waals surface area (Å²) in [5, 5.41) is 14.8. The van der Waals surface area contributed by atoms with Crippen LogP contribution in [0, 0.1) is 11.8 Å². The number of hydrogen-bond acceptors (Lipinski definition) is 4. The Morgan fingerprint density at radius 3 is 2.66 bits per heavy atom. The zero-order chi connectivity index (χ0) is 20.3. The van der Waals surface area contributed by atoms with Crippen LogP contribution < -0.4 is 10.9 Å². The number of nitrogens with one attached hydrogen (secondary N) is 2. The number of likely N-dealkylation sites (tertiary alicyclic amines) is 1. The fraction of sp³-hybridized carbons (Fsp3) is 0.435. The van der Waals surface area contributed by atoms with E-state index in [9.17, 15) is 9.90 Å². The SMILES string of the molecule is CCc1c(O)cc(=O)[nH]c1-c1ccc2c(c1)cc(CN1C[C@@H]3C(NC)[C@@H]3C1)n2C. The molecule has 1 aliphatic heterocycles. The molecule has 152 valence electrons. The van der Waals surface area contributed by atoms with E-state index >= 15 is 0 Å². The molecule has 3 N–H and O–H groups in total. The molecule has 2 fully saturated rings. The molecule has 2 aliphatic rings. The van der Waals surface area contributed by atoms with E-state index in [0.29, 0.717) is 12.1 Å². The van der Waals surface area contributed by atoms with Crippen molar-refractivity contribution in [3.63, 3.8) is 0 Å². The summed E-state index contributed by atoms with van der Waals surface area (Å²) in [6.45, 7) is 5.29. The van der Waals surface area contributed by atoms with Crippen LogP contribution in [0.2, 0.25) is 0 Å². The lowest BCUT2D eigenvalue weighted by Crippen LogP contribution is -2.29. The number of piperidine rings is 1. The van der Waals surface area contributed by atoms with Crippen molar-refractivity contribution in [2.45, 2.75) is 25.9 Å². The molecule has 6 nitrogen and oxygen atoms in total. The number of benzene rings is 1. The first kappa shape index (κ1) is 18.5. The average molecular weight is 393 g/mol. The molecular weight excluding hydrogens is 364 g/mol. The van der Waals surface area contributed by atoms with Gasteiger partial charge in [0.2, 0.25) is 0 Å². The van der Waals surface area contributed by atoms with Gasteiger partial charge in [-0.05, 0) is 49.1 Å². The molecule has 1 unspecified atom stereocenters. The summed E-state index contributed by atoms with van der Waals surface area (Å²) >= 11 is 0. The first-order valence-electron chi connectivity index (χ1n) is 10.4. The topological polar surface area (TPSA) is 73.3 Å². The molecule has 6 heteroatoms. The molecule has 0 amide bonds. The number of aryl methyl sites for hydroxylation is 1. The smallest absolute Gasteiger partial charge is 0.252 e. The number of hydrogen-bond donors (Lipinski definition) is 3. The first-order valence-corrected chi connectivity index (χ1v) is 10.4. The van der Waals surface area contributed by atoms with E-state index in [4.69, 9.17) is 0 Å². The van der Waals surface area contributed by atoms with Crippen molar-refractivity contribution < 1.29 is 5.11 Å². The van der Waals surface area contributed by atoms with Gasteiger partial charge >= 0.3 is 0 Å². The normalized spacial score (nSPS) is 23.6. The number of rotatable bonds is 5. The van der Waals surface area contributed by atoms with E-state index in [-0.39, 0.29) is 11.3 Å². The Hall–Kier alpha value is -2.57. The van der Waals surface area contributed by atoms with Crippen LogP contribution in [0.15, 0.2) is 35.1 Å². The third kappa shape index (κ3) is 2.98. The predicted octanol–water partition coefficient (Wildman–Crippen LogP) is 2.45. The Labute approximate surface area is 170 Å². The second-order valence-electron chi connectivity index (χ2n) is 8.53. The molecule has 0 radical (unpaired) electrons. The van der Waals surface area contributed by atoms with Crippen LogP contribution in [-0.2, 0) is 20.0 Å². The molecule has 2 aromatic heterocycles. The summed E-state index contributed by atoms with van der Waals surface area (Å²) in [5.74, 6) is 1.69. The molecule has 3 heterocycles. The highest BCUT2D eigenvalue weighted by molar-refractivity contribution is 5.86. The van der Waals surface area contributed by atoms with E-state index in [1.54, 1.807) is 0 Å². The minimum atomic E-state index is -0.281. The zero-order valence-corrected chi connectivity index (χ0v) is 17.2. The molecule has 29 heavy (non-hydrogen) atoms. The van der Waals surface area contributed by atoms with Gasteiger partial charge in [0.25, 0.3) is 5.56 Å². The van der Waals surface area contributed by atoms with Crippen LogP contribution in [0.25, 0.3) is 22.2 Å². The second-order valence-corrected chi connectivity index (χ2v) is 8.53. The van der Waals surface area contributed by atoms with Crippen LogP contribution in [-0.4, -0.2) is 45.7 Å². The molecule has 1 aliphatic carbocycles. The number of H-pyrrole nitrogens is 1. The van der Waals surface area contributed by atoms with Gasteiger partial charge in [-0.15, -0.1) is 0 Å². The van der Waals surface area contributed by atoms with E-state index in [1.165, 1.54) is 30.4 Å². The minimum absolute atomic E-state index is 0.0626. The fourth-order valence-corrected chi connectivity index (χ4v) is 5.29. The van der Waals surface area contributed by atoms with Gasteiger partial charge in [0, 0.05) is 61.0 Å². The lowest BCUT2D eigenvalue weighted by molar-refractivity contribution is 0.279. The van der Waals surface area contributed by atoms with Gasteiger partial charge < -0.3 is 20.0 Å². The lowest BCUT2D eigenvalue weighted by Gasteiger charge is -2.19. The van der Waals surface area contributed by atoms with Crippen molar-refractivity contribution in [1.82, 2.24) is 19.8 Å². The molecule has 1 saturated carbocycles. The Balaban J connectivity index is 1.46. The van der Waals surface area contributed by atoms with Crippen molar-refractivity contribution in [1.29, 1.82) is 0 Å².